The smallest absolute Gasteiger partial charge is 0.271 e. The number of aromatic amines is 1. The first-order valence-corrected chi connectivity index (χ1v) is 7.76. The molecule has 1 aromatic heterocycles. The van der Waals surface area contributed by atoms with Crippen molar-refractivity contribution in [2.75, 3.05) is 18.0 Å². The van der Waals surface area contributed by atoms with E-state index in [0.717, 1.165) is 31.0 Å². The van der Waals surface area contributed by atoms with Crippen LogP contribution in [0.25, 0.3) is 11.0 Å². The fourth-order valence-corrected chi connectivity index (χ4v) is 3.94. The Kier molecular flexibility index (Phi) is 3.04. The Morgan fingerprint density at radius 1 is 1.36 bits per heavy atom. The highest BCUT2D eigenvalue weighted by Gasteiger charge is 2.39. The third-order valence-corrected chi connectivity index (χ3v) is 5.12. The van der Waals surface area contributed by atoms with E-state index in [2.05, 4.69) is 14.9 Å². The van der Waals surface area contributed by atoms with Gasteiger partial charge < -0.3 is 15.6 Å². The van der Waals surface area contributed by atoms with E-state index in [4.69, 9.17) is 5.73 Å². The molecule has 1 aromatic carbocycles. The Labute approximate surface area is 127 Å². The number of nitro benzene ring substituents is 1. The molecular formula is C15H19N5O2. The highest BCUT2D eigenvalue weighted by molar-refractivity contribution is 5.80. The van der Waals surface area contributed by atoms with Crippen molar-refractivity contribution in [3.8, 4) is 0 Å². The molecule has 3 N–H and O–H groups in total. The van der Waals surface area contributed by atoms with Crippen LogP contribution in [-0.4, -0.2) is 34.0 Å². The van der Waals surface area contributed by atoms with Gasteiger partial charge in [0.15, 0.2) is 0 Å². The van der Waals surface area contributed by atoms with Crippen LogP contribution in [0.3, 0.4) is 0 Å². The van der Waals surface area contributed by atoms with Gasteiger partial charge in [0.1, 0.15) is 0 Å². The van der Waals surface area contributed by atoms with Crippen LogP contribution in [0, 0.1) is 22.0 Å². The number of imidazole rings is 1. The number of H-pyrrole nitrogens is 1. The predicted molar refractivity (Wildman–Crippen MR) is 83.8 cm³/mol. The summed E-state index contributed by atoms with van der Waals surface area (Å²) >= 11 is 0. The van der Waals surface area contributed by atoms with Gasteiger partial charge >= 0.3 is 0 Å². The van der Waals surface area contributed by atoms with Crippen molar-refractivity contribution in [2.24, 2.45) is 17.6 Å². The molecule has 3 unspecified atom stereocenters. The number of hydrogen-bond acceptors (Lipinski definition) is 5. The van der Waals surface area contributed by atoms with Crippen LogP contribution in [0.15, 0.2) is 18.2 Å². The minimum Gasteiger partial charge on any atom is -0.342 e. The Bertz CT molecular complexity index is 728. The summed E-state index contributed by atoms with van der Waals surface area (Å²) in [6.45, 7) is 1.90. The molecular weight excluding hydrogens is 282 g/mol. The quantitative estimate of drug-likeness (QED) is 0.653. The fourth-order valence-electron chi connectivity index (χ4n) is 3.94. The summed E-state index contributed by atoms with van der Waals surface area (Å²) in [5, 5.41) is 10.9. The van der Waals surface area contributed by atoms with Gasteiger partial charge in [0.25, 0.3) is 5.69 Å². The molecule has 1 saturated carbocycles. The number of benzene rings is 1. The molecule has 0 amide bonds. The van der Waals surface area contributed by atoms with E-state index in [1.165, 1.54) is 18.9 Å². The second kappa shape index (κ2) is 4.95. The van der Waals surface area contributed by atoms with Crippen LogP contribution in [0.4, 0.5) is 11.6 Å². The van der Waals surface area contributed by atoms with Gasteiger partial charge in [0, 0.05) is 31.3 Å². The number of aromatic nitrogens is 2. The van der Waals surface area contributed by atoms with Gasteiger partial charge in [-0.2, -0.15) is 0 Å². The summed E-state index contributed by atoms with van der Waals surface area (Å²) in [5.41, 5.74) is 7.81. The number of non-ortho nitro benzene ring substituents is 1. The molecule has 0 radical (unpaired) electrons. The number of nitro groups is 1. The average Bonchev–Trinajstić information content (AvgIpc) is 3.10. The first-order valence-electron chi connectivity index (χ1n) is 7.76. The van der Waals surface area contributed by atoms with Crippen LogP contribution in [-0.2, 0) is 0 Å². The highest BCUT2D eigenvalue weighted by atomic mass is 16.6. The maximum Gasteiger partial charge on any atom is 0.271 e. The van der Waals surface area contributed by atoms with E-state index in [1.54, 1.807) is 12.1 Å². The normalized spacial score (nSPS) is 28.0. The molecule has 2 fully saturated rings. The summed E-state index contributed by atoms with van der Waals surface area (Å²) in [6.07, 6.45) is 3.56. The SMILES string of the molecule is NC1CCCC2CN(c3nc4ccc([N+](=O)[O-])cc4[nH]3)CC12. The van der Waals surface area contributed by atoms with Crippen LogP contribution < -0.4 is 10.6 Å². The van der Waals surface area contributed by atoms with Gasteiger partial charge in [0.2, 0.25) is 5.95 Å². The molecule has 4 rings (SSSR count). The Morgan fingerprint density at radius 2 is 2.23 bits per heavy atom. The minimum atomic E-state index is -0.386. The Morgan fingerprint density at radius 3 is 3.00 bits per heavy atom. The van der Waals surface area contributed by atoms with Crippen LogP contribution in [0.1, 0.15) is 19.3 Å². The number of anilines is 1. The van der Waals surface area contributed by atoms with Gasteiger partial charge in [-0.15, -0.1) is 0 Å². The monoisotopic (exact) mass is 301 g/mol. The molecule has 1 aliphatic heterocycles. The molecule has 0 bridgehead atoms. The van der Waals surface area contributed by atoms with Crippen LogP contribution in [0.2, 0.25) is 0 Å². The molecule has 116 valence electrons. The molecule has 2 aliphatic rings. The molecule has 7 heteroatoms. The number of rotatable bonds is 2. The lowest BCUT2D eigenvalue weighted by atomic mass is 9.78. The molecule has 0 spiro atoms. The molecule has 2 aromatic rings. The Balaban J connectivity index is 1.63. The van der Waals surface area contributed by atoms with E-state index < -0.39 is 0 Å². The molecule has 3 atom stereocenters. The summed E-state index contributed by atoms with van der Waals surface area (Å²) in [6, 6.07) is 5.02. The molecule has 22 heavy (non-hydrogen) atoms. The van der Waals surface area contributed by atoms with Crippen LogP contribution >= 0.6 is 0 Å². The van der Waals surface area contributed by atoms with Gasteiger partial charge in [-0.05, 0) is 30.7 Å². The zero-order valence-corrected chi connectivity index (χ0v) is 12.2. The lowest BCUT2D eigenvalue weighted by molar-refractivity contribution is -0.384. The van der Waals surface area contributed by atoms with Gasteiger partial charge in [0.05, 0.1) is 16.0 Å². The van der Waals surface area contributed by atoms with E-state index in [1.807, 2.05) is 0 Å². The zero-order chi connectivity index (χ0) is 15.3. The Hall–Kier alpha value is -2.15. The van der Waals surface area contributed by atoms with E-state index in [-0.39, 0.29) is 16.7 Å². The predicted octanol–water partition coefficient (Wildman–Crippen LogP) is 2.03. The summed E-state index contributed by atoms with van der Waals surface area (Å²) in [5.74, 6) is 1.99. The molecule has 7 nitrogen and oxygen atoms in total. The second-order valence-corrected chi connectivity index (χ2v) is 6.44. The van der Waals surface area contributed by atoms with Gasteiger partial charge in [-0.3, -0.25) is 10.1 Å². The van der Waals surface area contributed by atoms with Crippen molar-refractivity contribution in [1.82, 2.24) is 9.97 Å². The first kappa shape index (κ1) is 13.5. The topological polar surface area (TPSA) is 101 Å². The molecule has 1 aliphatic carbocycles. The summed E-state index contributed by atoms with van der Waals surface area (Å²) in [4.78, 5) is 20.5. The molecule has 2 heterocycles. The van der Waals surface area contributed by atoms with Gasteiger partial charge in [-0.25, -0.2) is 4.98 Å². The zero-order valence-electron chi connectivity index (χ0n) is 12.2. The number of nitrogens with two attached hydrogens (primary N) is 1. The first-order chi connectivity index (χ1) is 10.6. The highest BCUT2D eigenvalue weighted by Crippen LogP contribution is 2.37. The number of hydrogen-bond donors (Lipinski definition) is 2. The van der Waals surface area contributed by atoms with E-state index in [0.29, 0.717) is 17.4 Å². The van der Waals surface area contributed by atoms with Crippen molar-refractivity contribution in [3.63, 3.8) is 0 Å². The van der Waals surface area contributed by atoms with E-state index in [9.17, 15) is 10.1 Å². The third kappa shape index (κ3) is 2.12. The summed E-state index contributed by atoms with van der Waals surface area (Å²) in [7, 11) is 0. The largest absolute Gasteiger partial charge is 0.342 e. The third-order valence-electron chi connectivity index (χ3n) is 5.12. The maximum absolute atomic E-state index is 10.9. The van der Waals surface area contributed by atoms with Crippen LogP contribution in [0.5, 0.6) is 0 Å². The van der Waals surface area contributed by atoms with Crippen molar-refractivity contribution in [1.29, 1.82) is 0 Å². The van der Waals surface area contributed by atoms with Crippen molar-refractivity contribution >= 4 is 22.7 Å². The van der Waals surface area contributed by atoms with Crippen molar-refractivity contribution in [2.45, 2.75) is 25.3 Å². The number of nitrogens with one attached hydrogen (secondary N) is 1. The number of nitrogens with zero attached hydrogens (tertiary/aromatic N) is 3. The minimum absolute atomic E-state index is 0.0832. The lowest BCUT2D eigenvalue weighted by Crippen LogP contribution is -2.38. The standard InChI is InChI=1S/C15H19N5O2/c16-12-3-1-2-9-7-19(8-11(9)12)15-17-13-5-4-10(20(21)22)6-14(13)18-15/h4-6,9,11-12H,1-3,7-8,16H2,(H,17,18). The van der Waals surface area contributed by atoms with Crippen molar-refractivity contribution < 1.29 is 4.92 Å². The van der Waals surface area contributed by atoms with Crippen molar-refractivity contribution in [3.05, 3.63) is 28.3 Å². The second-order valence-electron chi connectivity index (χ2n) is 6.44. The maximum atomic E-state index is 10.9. The summed E-state index contributed by atoms with van der Waals surface area (Å²) < 4.78 is 0. The average molecular weight is 301 g/mol. The van der Waals surface area contributed by atoms with E-state index >= 15 is 0 Å². The fraction of sp³-hybridized carbons (Fsp3) is 0.533. The lowest BCUT2D eigenvalue weighted by Gasteiger charge is -2.29. The molecule has 1 saturated heterocycles. The van der Waals surface area contributed by atoms with Gasteiger partial charge in [-0.1, -0.05) is 6.42 Å². The number of fused-ring (bicyclic) bond motifs is 2.